The molecular weight excluding hydrogens is 612 g/mol. The number of aromatic nitrogens is 2. The molecule has 1 heterocycles. The maximum Gasteiger partial charge on any atom is 0.149 e. The second kappa shape index (κ2) is 9.40. The van der Waals surface area contributed by atoms with Gasteiger partial charge in [0, 0.05) is 0 Å². The maximum atomic E-state index is 9.74. The summed E-state index contributed by atoms with van der Waals surface area (Å²) in [5, 5.41) is 9.74. The number of aryl methyl sites for hydroxylation is 2. The van der Waals surface area contributed by atoms with Gasteiger partial charge in [-0.25, -0.2) is 4.98 Å². The molecule has 0 atom stereocenters. The maximum absolute atomic E-state index is 9.74. The smallest absolute Gasteiger partial charge is 0.149 e. The highest BCUT2D eigenvalue weighted by Gasteiger charge is 2.12. The molecule has 3 aromatic carbocycles. The minimum Gasteiger partial charge on any atom is -0.487 e. The fourth-order valence-corrected chi connectivity index (χ4v) is 5.46. The zero-order chi connectivity index (χ0) is 22.0. The number of rotatable bonds is 5. The fourth-order valence-electron chi connectivity index (χ4n) is 3.33. The third-order valence-electron chi connectivity index (χ3n) is 4.81. The number of nitriles is 1. The van der Waals surface area contributed by atoms with E-state index in [0.29, 0.717) is 18.0 Å². The molecule has 0 unspecified atom stereocenters. The van der Waals surface area contributed by atoms with Crippen LogP contribution in [0.15, 0.2) is 54.6 Å². The Balaban J connectivity index is 1.61. The standard InChI is InChI=1S/C25H19I2N3O/c1-15-4-3-5-17(8-15)14-31-24-20(26)11-18(12-21(24)27)10-19(13-28)25-29-22-7-6-16(2)9-23(22)30-25/h3-12H,14H2,1-2H3,(H,29,30)/b19-10-. The Morgan fingerprint density at radius 2 is 1.81 bits per heavy atom. The molecule has 0 aliphatic carbocycles. The van der Waals surface area contributed by atoms with Crippen LogP contribution >= 0.6 is 45.2 Å². The van der Waals surface area contributed by atoms with Crippen molar-refractivity contribution in [2.24, 2.45) is 0 Å². The van der Waals surface area contributed by atoms with Crippen LogP contribution in [0.4, 0.5) is 0 Å². The van der Waals surface area contributed by atoms with E-state index in [1.807, 2.05) is 49.4 Å². The molecule has 1 N–H and O–H groups in total. The average molecular weight is 631 g/mol. The summed E-state index contributed by atoms with van der Waals surface area (Å²) in [5.74, 6) is 1.44. The molecule has 31 heavy (non-hydrogen) atoms. The van der Waals surface area contributed by atoms with E-state index in [1.165, 1.54) is 5.56 Å². The quantitative estimate of drug-likeness (QED) is 0.190. The van der Waals surface area contributed by atoms with Gasteiger partial charge in [0.15, 0.2) is 0 Å². The number of H-pyrrole nitrogens is 1. The van der Waals surface area contributed by atoms with Crippen LogP contribution in [0, 0.1) is 32.3 Å². The van der Waals surface area contributed by atoms with Crippen molar-refractivity contribution >= 4 is 67.9 Å². The topological polar surface area (TPSA) is 61.7 Å². The van der Waals surface area contributed by atoms with E-state index in [4.69, 9.17) is 4.74 Å². The second-order valence-electron chi connectivity index (χ2n) is 7.37. The monoisotopic (exact) mass is 631 g/mol. The van der Waals surface area contributed by atoms with Crippen molar-refractivity contribution in [2.75, 3.05) is 0 Å². The molecule has 4 rings (SSSR count). The largest absolute Gasteiger partial charge is 0.487 e. The zero-order valence-electron chi connectivity index (χ0n) is 17.0. The minimum atomic E-state index is 0.494. The number of allylic oxidation sites excluding steroid dienone is 1. The Hall–Kier alpha value is -2.38. The number of imidazole rings is 1. The van der Waals surface area contributed by atoms with E-state index in [2.05, 4.69) is 86.3 Å². The Kier molecular flexibility index (Phi) is 6.62. The lowest BCUT2D eigenvalue weighted by molar-refractivity contribution is 0.301. The lowest BCUT2D eigenvalue weighted by Crippen LogP contribution is -2.00. The SMILES string of the molecule is Cc1cccc(COc2c(I)cc(/C=C(/C#N)c3nc4ccc(C)cc4[nH]3)cc2I)c1. The number of benzene rings is 3. The minimum absolute atomic E-state index is 0.494. The number of ether oxygens (including phenoxy) is 1. The van der Waals surface area contributed by atoms with Crippen LogP contribution in [-0.2, 0) is 6.61 Å². The van der Waals surface area contributed by atoms with Crippen molar-refractivity contribution in [3.63, 3.8) is 0 Å². The molecule has 6 heteroatoms. The van der Waals surface area contributed by atoms with Crippen molar-refractivity contribution in [1.82, 2.24) is 9.97 Å². The van der Waals surface area contributed by atoms with Crippen LogP contribution < -0.4 is 4.74 Å². The van der Waals surface area contributed by atoms with Gasteiger partial charge in [0.25, 0.3) is 0 Å². The van der Waals surface area contributed by atoms with Crippen molar-refractivity contribution in [3.05, 3.63) is 89.8 Å². The molecular formula is C25H19I2N3O. The molecule has 0 amide bonds. The Morgan fingerprint density at radius 1 is 1.06 bits per heavy atom. The predicted octanol–water partition coefficient (Wildman–Crippen LogP) is 7.03. The number of hydrogen-bond donors (Lipinski definition) is 1. The Bertz CT molecular complexity index is 1330. The summed E-state index contributed by atoms with van der Waals surface area (Å²) in [7, 11) is 0. The third-order valence-corrected chi connectivity index (χ3v) is 6.41. The van der Waals surface area contributed by atoms with Gasteiger partial charge in [-0.05, 0) is 106 Å². The van der Waals surface area contributed by atoms with Crippen molar-refractivity contribution < 1.29 is 4.74 Å². The molecule has 0 radical (unpaired) electrons. The van der Waals surface area contributed by atoms with E-state index in [0.717, 1.165) is 40.6 Å². The molecule has 0 saturated carbocycles. The lowest BCUT2D eigenvalue weighted by Gasteiger charge is -2.12. The second-order valence-corrected chi connectivity index (χ2v) is 9.69. The highest BCUT2D eigenvalue weighted by molar-refractivity contribution is 14.1. The number of halogens is 2. The van der Waals surface area contributed by atoms with Gasteiger partial charge in [0.2, 0.25) is 0 Å². The van der Waals surface area contributed by atoms with Gasteiger partial charge >= 0.3 is 0 Å². The molecule has 0 spiro atoms. The highest BCUT2D eigenvalue weighted by Crippen LogP contribution is 2.31. The summed E-state index contributed by atoms with van der Waals surface area (Å²) in [5.41, 5.74) is 6.72. The van der Waals surface area contributed by atoms with Crippen LogP contribution in [0.3, 0.4) is 0 Å². The van der Waals surface area contributed by atoms with Crippen LogP contribution in [0.5, 0.6) is 5.75 Å². The van der Waals surface area contributed by atoms with Gasteiger partial charge < -0.3 is 9.72 Å². The van der Waals surface area contributed by atoms with E-state index >= 15 is 0 Å². The van der Waals surface area contributed by atoms with Gasteiger partial charge in [-0.3, -0.25) is 0 Å². The molecule has 1 aromatic heterocycles. The summed E-state index contributed by atoms with van der Waals surface area (Å²) in [4.78, 5) is 7.84. The van der Waals surface area contributed by atoms with Gasteiger partial charge in [0.05, 0.1) is 23.7 Å². The first-order chi connectivity index (χ1) is 14.9. The van der Waals surface area contributed by atoms with E-state index in [1.54, 1.807) is 0 Å². The van der Waals surface area contributed by atoms with E-state index in [-0.39, 0.29) is 0 Å². The van der Waals surface area contributed by atoms with Gasteiger partial charge in [0.1, 0.15) is 24.3 Å². The number of hydrogen-bond acceptors (Lipinski definition) is 3. The number of nitrogens with one attached hydrogen (secondary N) is 1. The van der Waals surface area contributed by atoms with Crippen molar-refractivity contribution in [1.29, 1.82) is 5.26 Å². The Morgan fingerprint density at radius 3 is 2.52 bits per heavy atom. The van der Waals surface area contributed by atoms with Crippen molar-refractivity contribution in [2.45, 2.75) is 20.5 Å². The van der Waals surface area contributed by atoms with Crippen LogP contribution in [0.25, 0.3) is 22.7 Å². The molecule has 0 saturated heterocycles. The first-order valence-corrected chi connectivity index (χ1v) is 11.8. The van der Waals surface area contributed by atoms with Gasteiger partial charge in [-0.15, -0.1) is 0 Å². The van der Waals surface area contributed by atoms with Crippen LogP contribution in [-0.4, -0.2) is 9.97 Å². The zero-order valence-corrected chi connectivity index (χ0v) is 21.4. The summed E-state index contributed by atoms with van der Waals surface area (Å²) in [6.07, 6.45) is 1.86. The molecule has 154 valence electrons. The molecule has 0 fully saturated rings. The lowest BCUT2D eigenvalue weighted by atomic mass is 10.1. The fraction of sp³-hybridized carbons (Fsp3) is 0.120. The van der Waals surface area contributed by atoms with E-state index in [9.17, 15) is 5.26 Å². The molecule has 4 nitrogen and oxygen atoms in total. The highest BCUT2D eigenvalue weighted by atomic mass is 127. The third kappa shape index (κ3) is 5.10. The normalized spacial score (nSPS) is 11.5. The van der Waals surface area contributed by atoms with Crippen molar-refractivity contribution in [3.8, 4) is 11.8 Å². The molecule has 4 aromatic rings. The van der Waals surface area contributed by atoms with E-state index < -0.39 is 0 Å². The van der Waals surface area contributed by atoms with Crippen LogP contribution in [0.2, 0.25) is 0 Å². The summed E-state index contributed by atoms with van der Waals surface area (Å²) < 4.78 is 8.11. The number of nitrogens with zero attached hydrogens (tertiary/aromatic N) is 2. The van der Waals surface area contributed by atoms with Gasteiger partial charge in [-0.2, -0.15) is 5.26 Å². The first kappa shape index (κ1) is 21.8. The predicted molar refractivity (Wildman–Crippen MR) is 142 cm³/mol. The molecule has 0 aliphatic heterocycles. The number of fused-ring (bicyclic) bond motifs is 1. The summed E-state index contributed by atoms with van der Waals surface area (Å²) >= 11 is 4.57. The van der Waals surface area contributed by atoms with Gasteiger partial charge in [-0.1, -0.05) is 35.9 Å². The molecule has 0 bridgehead atoms. The average Bonchev–Trinajstić information content (AvgIpc) is 3.14. The summed E-state index contributed by atoms with van der Waals surface area (Å²) in [6.45, 7) is 4.63. The summed E-state index contributed by atoms with van der Waals surface area (Å²) in [6, 6.07) is 20.7. The van der Waals surface area contributed by atoms with Crippen LogP contribution in [0.1, 0.15) is 28.1 Å². The first-order valence-electron chi connectivity index (χ1n) is 9.69. The number of aromatic amines is 1. The molecule has 0 aliphatic rings. The Labute approximate surface area is 208 Å².